The normalized spacial score (nSPS) is 13.6. The first-order valence-corrected chi connectivity index (χ1v) is 9.06. The van der Waals surface area contributed by atoms with E-state index in [4.69, 9.17) is 4.74 Å². The van der Waals surface area contributed by atoms with E-state index < -0.39 is 0 Å². The average Bonchev–Trinajstić information content (AvgIpc) is 3.22. The van der Waals surface area contributed by atoms with Gasteiger partial charge in [-0.15, -0.1) is 0 Å². The number of hydrogen-bond donors (Lipinski definition) is 1. The summed E-state index contributed by atoms with van der Waals surface area (Å²) in [6, 6.07) is 14.2. The summed E-state index contributed by atoms with van der Waals surface area (Å²) in [4.78, 5) is 24.7. The number of likely N-dealkylation sites (tertiary alicyclic amines) is 1. The number of nitro benzene ring substituents is 1. The molecular formula is C20H23N3O4. The number of ether oxygens (including phenoxy) is 1. The summed E-state index contributed by atoms with van der Waals surface area (Å²) in [6.07, 6.45) is 2.11. The summed E-state index contributed by atoms with van der Waals surface area (Å²) >= 11 is 0. The quantitative estimate of drug-likeness (QED) is 0.571. The Bertz CT molecular complexity index is 803. The number of nitrogens with one attached hydrogen (secondary N) is 1. The fraction of sp³-hybridized carbons (Fsp3) is 0.350. The lowest BCUT2D eigenvalue weighted by molar-refractivity contribution is -0.385. The molecule has 0 spiro atoms. The van der Waals surface area contributed by atoms with Crippen molar-refractivity contribution >= 4 is 11.6 Å². The molecule has 1 amide bonds. The predicted molar refractivity (Wildman–Crippen MR) is 101 cm³/mol. The van der Waals surface area contributed by atoms with E-state index in [1.54, 1.807) is 18.2 Å². The van der Waals surface area contributed by atoms with Crippen LogP contribution in [0.3, 0.4) is 0 Å². The number of nitro groups is 1. The first kappa shape index (κ1) is 18.8. The Morgan fingerprint density at radius 2 is 1.67 bits per heavy atom. The van der Waals surface area contributed by atoms with Gasteiger partial charge in [-0.2, -0.15) is 0 Å². The summed E-state index contributed by atoms with van der Waals surface area (Å²) in [5, 5.41) is 14.3. The van der Waals surface area contributed by atoms with Crippen LogP contribution in [0.5, 0.6) is 5.75 Å². The molecule has 1 N–H and O–H groups in total. The second-order valence-electron chi connectivity index (χ2n) is 6.47. The van der Waals surface area contributed by atoms with Crippen molar-refractivity contribution < 1.29 is 14.5 Å². The van der Waals surface area contributed by atoms with E-state index in [1.165, 1.54) is 6.07 Å². The van der Waals surface area contributed by atoms with Crippen LogP contribution in [0.25, 0.3) is 0 Å². The van der Waals surface area contributed by atoms with Crippen LogP contribution >= 0.6 is 0 Å². The Labute approximate surface area is 158 Å². The van der Waals surface area contributed by atoms with Crippen molar-refractivity contribution in [2.45, 2.75) is 25.9 Å². The van der Waals surface area contributed by atoms with Crippen molar-refractivity contribution in [2.24, 2.45) is 0 Å². The highest BCUT2D eigenvalue weighted by molar-refractivity contribution is 5.78. The van der Waals surface area contributed by atoms with E-state index in [0.29, 0.717) is 24.4 Å². The minimum Gasteiger partial charge on any atom is -0.483 e. The van der Waals surface area contributed by atoms with Gasteiger partial charge in [0.15, 0.2) is 6.61 Å². The summed E-state index contributed by atoms with van der Waals surface area (Å²) in [5.74, 6) is 0.662. The number of para-hydroxylation sites is 2. The molecule has 1 aliphatic rings. The van der Waals surface area contributed by atoms with Crippen LogP contribution in [0.2, 0.25) is 0 Å². The number of benzene rings is 2. The Morgan fingerprint density at radius 3 is 2.41 bits per heavy atom. The van der Waals surface area contributed by atoms with Crippen LogP contribution in [-0.2, 0) is 17.9 Å². The Hall–Kier alpha value is -2.93. The largest absolute Gasteiger partial charge is 0.483 e. The minimum atomic E-state index is -0.377. The Balaban J connectivity index is 1.56. The maximum Gasteiger partial charge on any atom is 0.273 e. The summed E-state index contributed by atoms with van der Waals surface area (Å²) in [7, 11) is 0. The number of carbonyl (C=O) groups excluding carboxylic acids is 1. The minimum absolute atomic E-state index is 0.00942. The van der Waals surface area contributed by atoms with Crippen molar-refractivity contribution in [3.8, 4) is 5.75 Å². The van der Waals surface area contributed by atoms with Crippen molar-refractivity contribution in [1.82, 2.24) is 10.2 Å². The zero-order valence-corrected chi connectivity index (χ0v) is 15.1. The summed E-state index contributed by atoms with van der Waals surface area (Å²) < 4.78 is 5.74. The van der Waals surface area contributed by atoms with Crippen LogP contribution in [0.15, 0.2) is 48.5 Å². The lowest BCUT2D eigenvalue weighted by Gasteiger charge is -2.17. The number of nitrogens with zero attached hydrogens (tertiary/aromatic N) is 2. The van der Waals surface area contributed by atoms with E-state index in [-0.39, 0.29) is 23.1 Å². The molecule has 0 aromatic heterocycles. The van der Waals surface area contributed by atoms with Gasteiger partial charge in [0, 0.05) is 43.4 Å². The first-order chi connectivity index (χ1) is 13.1. The monoisotopic (exact) mass is 369 g/mol. The van der Waals surface area contributed by atoms with Gasteiger partial charge in [0.05, 0.1) is 4.92 Å². The maximum absolute atomic E-state index is 12.2. The second kappa shape index (κ2) is 9.14. The average molecular weight is 369 g/mol. The molecule has 0 atom stereocenters. The van der Waals surface area contributed by atoms with Gasteiger partial charge >= 0.3 is 0 Å². The zero-order valence-electron chi connectivity index (χ0n) is 15.1. The van der Waals surface area contributed by atoms with Gasteiger partial charge in [0.1, 0.15) is 5.75 Å². The molecule has 1 saturated heterocycles. The van der Waals surface area contributed by atoms with Gasteiger partial charge in [-0.1, -0.05) is 36.4 Å². The SMILES string of the molecule is O=C(COc1ccccc1CNCc1ccccc1[N+](=O)[O-])N1CCCC1. The molecule has 0 radical (unpaired) electrons. The lowest BCUT2D eigenvalue weighted by Crippen LogP contribution is -2.32. The lowest BCUT2D eigenvalue weighted by atomic mass is 10.1. The van der Waals surface area contributed by atoms with Gasteiger partial charge in [-0.3, -0.25) is 14.9 Å². The third-order valence-corrected chi connectivity index (χ3v) is 4.60. The third kappa shape index (κ3) is 5.04. The van der Waals surface area contributed by atoms with E-state index in [2.05, 4.69) is 5.32 Å². The maximum atomic E-state index is 12.2. The highest BCUT2D eigenvalue weighted by atomic mass is 16.6. The fourth-order valence-electron chi connectivity index (χ4n) is 3.16. The highest BCUT2D eigenvalue weighted by Crippen LogP contribution is 2.20. The summed E-state index contributed by atoms with van der Waals surface area (Å²) in [6.45, 7) is 2.50. The molecule has 1 aliphatic heterocycles. The molecule has 27 heavy (non-hydrogen) atoms. The Morgan fingerprint density at radius 1 is 1.04 bits per heavy atom. The number of hydrogen-bond acceptors (Lipinski definition) is 5. The molecule has 1 heterocycles. The molecule has 2 aromatic rings. The van der Waals surface area contributed by atoms with Crippen molar-refractivity contribution in [2.75, 3.05) is 19.7 Å². The van der Waals surface area contributed by atoms with E-state index in [0.717, 1.165) is 31.5 Å². The van der Waals surface area contributed by atoms with E-state index in [9.17, 15) is 14.9 Å². The van der Waals surface area contributed by atoms with Crippen LogP contribution < -0.4 is 10.1 Å². The van der Waals surface area contributed by atoms with Crippen molar-refractivity contribution in [3.05, 3.63) is 69.8 Å². The molecule has 0 saturated carbocycles. The van der Waals surface area contributed by atoms with Gasteiger partial charge in [0.2, 0.25) is 0 Å². The van der Waals surface area contributed by atoms with Gasteiger partial charge in [-0.05, 0) is 18.9 Å². The molecule has 0 unspecified atom stereocenters. The van der Waals surface area contributed by atoms with Gasteiger partial charge < -0.3 is 15.0 Å². The number of amides is 1. The molecule has 7 heteroatoms. The molecule has 0 bridgehead atoms. The second-order valence-corrected chi connectivity index (χ2v) is 6.47. The smallest absolute Gasteiger partial charge is 0.273 e. The van der Waals surface area contributed by atoms with Crippen molar-refractivity contribution in [1.29, 1.82) is 0 Å². The van der Waals surface area contributed by atoms with Crippen LogP contribution in [0.4, 0.5) is 5.69 Å². The van der Waals surface area contributed by atoms with Crippen LogP contribution in [0, 0.1) is 10.1 Å². The molecule has 3 rings (SSSR count). The van der Waals surface area contributed by atoms with Gasteiger partial charge in [0.25, 0.3) is 11.6 Å². The molecule has 142 valence electrons. The van der Waals surface area contributed by atoms with Gasteiger partial charge in [-0.25, -0.2) is 0 Å². The predicted octanol–water partition coefficient (Wildman–Crippen LogP) is 2.89. The van der Waals surface area contributed by atoms with E-state index in [1.807, 2.05) is 29.2 Å². The zero-order chi connectivity index (χ0) is 19.1. The third-order valence-electron chi connectivity index (χ3n) is 4.60. The topological polar surface area (TPSA) is 84.7 Å². The van der Waals surface area contributed by atoms with Crippen molar-refractivity contribution in [3.63, 3.8) is 0 Å². The standard InChI is InChI=1S/C20H23N3O4/c24-20(22-11-5-6-12-22)15-27-19-10-4-2-8-17(19)14-21-13-16-7-1-3-9-18(16)23(25)26/h1-4,7-10,21H,5-6,11-15H2. The van der Waals surface area contributed by atoms with Crippen LogP contribution in [0.1, 0.15) is 24.0 Å². The molecular weight excluding hydrogens is 346 g/mol. The number of rotatable bonds is 8. The summed E-state index contributed by atoms with van der Waals surface area (Å²) in [5.41, 5.74) is 1.64. The molecule has 1 fully saturated rings. The molecule has 0 aliphatic carbocycles. The fourth-order valence-corrected chi connectivity index (χ4v) is 3.16. The number of carbonyl (C=O) groups is 1. The van der Waals surface area contributed by atoms with Crippen LogP contribution in [-0.4, -0.2) is 35.4 Å². The highest BCUT2D eigenvalue weighted by Gasteiger charge is 2.18. The van der Waals surface area contributed by atoms with E-state index >= 15 is 0 Å². The first-order valence-electron chi connectivity index (χ1n) is 9.06. The molecule has 7 nitrogen and oxygen atoms in total. The Kier molecular flexibility index (Phi) is 6.38. The molecule has 2 aromatic carbocycles.